The molecule has 0 spiro atoms. The van der Waals surface area contributed by atoms with Gasteiger partial charge in [0.2, 0.25) is 0 Å². The SMILES string of the molecule is NCCC(=O)c1cccc2cn[nH]c12. The third kappa shape index (κ3) is 1.40. The Morgan fingerprint density at radius 2 is 2.36 bits per heavy atom. The lowest BCUT2D eigenvalue weighted by Gasteiger charge is -1.99. The van der Waals surface area contributed by atoms with Crippen LogP contribution >= 0.6 is 0 Å². The number of para-hydroxylation sites is 1. The Morgan fingerprint density at radius 3 is 3.14 bits per heavy atom. The molecule has 0 fully saturated rings. The van der Waals surface area contributed by atoms with Crippen LogP contribution in [0.1, 0.15) is 16.8 Å². The summed E-state index contributed by atoms with van der Waals surface area (Å²) in [5.74, 6) is 0.0577. The molecule has 14 heavy (non-hydrogen) atoms. The van der Waals surface area contributed by atoms with Crippen molar-refractivity contribution in [1.82, 2.24) is 10.2 Å². The molecule has 4 nitrogen and oxygen atoms in total. The predicted molar refractivity (Wildman–Crippen MR) is 54.1 cm³/mol. The van der Waals surface area contributed by atoms with Crippen LogP contribution in [-0.2, 0) is 0 Å². The van der Waals surface area contributed by atoms with Crippen molar-refractivity contribution in [3.63, 3.8) is 0 Å². The van der Waals surface area contributed by atoms with Gasteiger partial charge in [-0.2, -0.15) is 5.10 Å². The van der Waals surface area contributed by atoms with Crippen LogP contribution in [0.4, 0.5) is 0 Å². The number of carbonyl (C=O) groups excluding carboxylic acids is 1. The topological polar surface area (TPSA) is 71.8 Å². The fourth-order valence-electron chi connectivity index (χ4n) is 1.47. The van der Waals surface area contributed by atoms with Crippen LogP contribution < -0.4 is 5.73 Å². The molecule has 0 atom stereocenters. The van der Waals surface area contributed by atoms with E-state index in [4.69, 9.17) is 5.73 Å². The van der Waals surface area contributed by atoms with Crippen molar-refractivity contribution in [3.8, 4) is 0 Å². The van der Waals surface area contributed by atoms with E-state index in [0.29, 0.717) is 18.5 Å². The first kappa shape index (κ1) is 8.90. The number of nitrogens with one attached hydrogen (secondary N) is 1. The highest BCUT2D eigenvalue weighted by molar-refractivity contribution is 6.06. The highest BCUT2D eigenvalue weighted by Crippen LogP contribution is 2.16. The van der Waals surface area contributed by atoms with Gasteiger partial charge < -0.3 is 5.73 Å². The van der Waals surface area contributed by atoms with Gasteiger partial charge in [-0.25, -0.2) is 0 Å². The van der Waals surface area contributed by atoms with Gasteiger partial charge in [0.25, 0.3) is 0 Å². The summed E-state index contributed by atoms with van der Waals surface area (Å²) in [5, 5.41) is 7.66. The van der Waals surface area contributed by atoms with Gasteiger partial charge >= 0.3 is 0 Å². The molecule has 1 heterocycles. The van der Waals surface area contributed by atoms with E-state index < -0.39 is 0 Å². The summed E-state index contributed by atoms with van der Waals surface area (Å²) >= 11 is 0. The standard InChI is InChI=1S/C10H11N3O/c11-5-4-9(14)8-3-1-2-7-6-12-13-10(7)8/h1-3,6H,4-5,11H2,(H,12,13). The van der Waals surface area contributed by atoms with Gasteiger partial charge in [-0.15, -0.1) is 0 Å². The summed E-state index contributed by atoms with van der Waals surface area (Å²) < 4.78 is 0. The highest BCUT2D eigenvalue weighted by atomic mass is 16.1. The van der Waals surface area contributed by atoms with Crippen LogP contribution in [0.25, 0.3) is 10.9 Å². The Hall–Kier alpha value is -1.68. The van der Waals surface area contributed by atoms with E-state index in [-0.39, 0.29) is 5.78 Å². The fourth-order valence-corrected chi connectivity index (χ4v) is 1.47. The van der Waals surface area contributed by atoms with Crippen molar-refractivity contribution in [2.45, 2.75) is 6.42 Å². The molecule has 0 amide bonds. The normalized spacial score (nSPS) is 10.6. The molecule has 3 N–H and O–H groups in total. The summed E-state index contributed by atoms with van der Waals surface area (Å²) in [4.78, 5) is 11.6. The molecule has 2 aromatic rings. The van der Waals surface area contributed by atoms with Crippen LogP contribution in [0.5, 0.6) is 0 Å². The minimum Gasteiger partial charge on any atom is -0.330 e. The molecule has 0 aliphatic rings. The molecular weight excluding hydrogens is 178 g/mol. The van der Waals surface area contributed by atoms with Crippen molar-refractivity contribution in [2.75, 3.05) is 6.54 Å². The van der Waals surface area contributed by atoms with Crippen LogP contribution in [0.2, 0.25) is 0 Å². The third-order valence-corrected chi connectivity index (χ3v) is 2.15. The van der Waals surface area contributed by atoms with Crippen LogP contribution in [0, 0.1) is 0 Å². The maximum Gasteiger partial charge on any atom is 0.166 e. The Bertz CT molecular complexity index is 461. The summed E-state index contributed by atoms with van der Waals surface area (Å²) in [6, 6.07) is 5.55. The summed E-state index contributed by atoms with van der Waals surface area (Å²) in [7, 11) is 0. The molecule has 0 saturated heterocycles. The zero-order chi connectivity index (χ0) is 9.97. The first-order valence-electron chi connectivity index (χ1n) is 4.48. The van der Waals surface area contributed by atoms with Gasteiger partial charge in [-0.1, -0.05) is 12.1 Å². The van der Waals surface area contributed by atoms with Crippen LogP contribution in [-0.4, -0.2) is 22.5 Å². The number of ketones is 1. The zero-order valence-corrected chi connectivity index (χ0v) is 7.66. The lowest BCUT2D eigenvalue weighted by Crippen LogP contribution is -2.08. The number of nitrogens with zero attached hydrogens (tertiary/aromatic N) is 1. The van der Waals surface area contributed by atoms with Crippen molar-refractivity contribution >= 4 is 16.7 Å². The van der Waals surface area contributed by atoms with Crippen LogP contribution in [0.15, 0.2) is 24.4 Å². The number of aromatic nitrogens is 2. The number of rotatable bonds is 3. The van der Waals surface area contributed by atoms with E-state index in [1.165, 1.54) is 0 Å². The summed E-state index contributed by atoms with van der Waals surface area (Å²) in [6.07, 6.45) is 2.08. The second kappa shape index (κ2) is 3.59. The molecule has 0 aliphatic heterocycles. The molecule has 0 unspecified atom stereocenters. The van der Waals surface area contributed by atoms with Gasteiger partial charge in [0, 0.05) is 17.4 Å². The van der Waals surface area contributed by atoms with Gasteiger partial charge in [0.15, 0.2) is 5.78 Å². The third-order valence-electron chi connectivity index (χ3n) is 2.15. The van der Waals surface area contributed by atoms with Crippen molar-refractivity contribution in [1.29, 1.82) is 0 Å². The smallest absolute Gasteiger partial charge is 0.166 e. The Labute approximate surface area is 81.1 Å². The minimum absolute atomic E-state index is 0.0577. The predicted octanol–water partition coefficient (Wildman–Crippen LogP) is 1.09. The number of nitrogens with two attached hydrogens (primary N) is 1. The molecule has 0 aliphatic carbocycles. The first-order valence-corrected chi connectivity index (χ1v) is 4.48. The average Bonchev–Trinajstić information content (AvgIpc) is 2.65. The van der Waals surface area contributed by atoms with Gasteiger partial charge in [-0.05, 0) is 12.6 Å². The summed E-state index contributed by atoms with van der Waals surface area (Å²) in [6.45, 7) is 0.378. The van der Waals surface area contributed by atoms with E-state index in [0.717, 1.165) is 10.9 Å². The monoisotopic (exact) mass is 189 g/mol. The molecule has 72 valence electrons. The first-order chi connectivity index (χ1) is 6.83. The lowest BCUT2D eigenvalue weighted by molar-refractivity contribution is 0.0987. The number of carbonyl (C=O) groups is 1. The van der Waals surface area contributed by atoms with E-state index in [1.807, 2.05) is 12.1 Å². The second-order valence-electron chi connectivity index (χ2n) is 3.10. The molecule has 0 bridgehead atoms. The van der Waals surface area contributed by atoms with Gasteiger partial charge in [-0.3, -0.25) is 9.89 Å². The van der Waals surface area contributed by atoms with Crippen molar-refractivity contribution in [3.05, 3.63) is 30.0 Å². The Kier molecular flexibility index (Phi) is 2.28. The number of Topliss-reactive ketones (excluding diaryl/α,β-unsaturated/α-hetero) is 1. The summed E-state index contributed by atoms with van der Waals surface area (Å²) in [5.41, 5.74) is 6.81. The number of aromatic amines is 1. The molecule has 2 rings (SSSR count). The van der Waals surface area contributed by atoms with E-state index in [2.05, 4.69) is 10.2 Å². The molecule has 4 heteroatoms. The Balaban J connectivity index is 2.50. The highest BCUT2D eigenvalue weighted by Gasteiger charge is 2.09. The molecule has 0 saturated carbocycles. The molecule has 1 aromatic carbocycles. The number of hydrogen-bond donors (Lipinski definition) is 2. The van der Waals surface area contributed by atoms with Crippen LogP contribution in [0.3, 0.4) is 0 Å². The van der Waals surface area contributed by atoms with Gasteiger partial charge in [0.05, 0.1) is 11.7 Å². The molecular formula is C10H11N3O. The number of H-pyrrole nitrogens is 1. The number of hydrogen-bond acceptors (Lipinski definition) is 3. The molecule has 0 radical (unpaired) electrons. The second-order valence-corrected chi connectivity index (χ2v) is 3.10. The largest absolute Gasteiger partial charge is 0.330 e. The molecule has 1 aromatic heterocycles. The maximum atomic E-state index is 11.6. The quantitative estimate of drug-likeness (QED) is 0.710. The average molecular weight is 189 g/mol. The number of benzene rings is 1. The van der Waals surface area contributed by atoms with E-state index in [9.17, 15) is 4.79 Å². The fraction of sp³-hybridized carbons (Fsp3) is 0.200. The Morgan fingerprint density at radius 1 is 1.50 bits per heavy atom. The van der Waals surface area contributed by atoms with Crippen molar-refractivity contribution in [2.24, 2.45) is 5.73 Å². The number of fused-ring (bicyclic) bond motifs is 1. The van der Waals surface area contributed by atoms with E-state index in [1.54, 1.807) is 12.3 Å². The van der Waals surface area contributed by atoms with Crippen molar-refractivity contribution < 1.29 is 4.79 Å². The maximum absolute atomic E-state index is 11.6. The lowest BCUT2D eigenvalue weighted by atomic mass is 10.1. The van der Waals surface area contributed by atoms with E-state index >= 15 is 0 Å². The zero-order valence-electron chi connectivity index (χ0n) is 7.66. The van der Waals surface area contributed by atoms with Gasteiger partial charge in [0.1, 0.15) is 0 Å². The minimum atomic E-state index is 0.0577.